The standard InChI is InChI=1S/C10H11ClN2S2/c1-6-4-5-14-10(6)9(13-12)7-2-3-8(11)15-7/h2-5,9,13H,12H2,1H3. The van der Waals surface area contributed by atoms with Gasteiger partial charge in [-0.1, -0.05) is 11.6 Å². The van der Waals surface area contributed by atoms with Crippen molar-refractivity contribution in [3.8, 4) is 0 Å². The van der Waals surface area contributed by atoms with E-state index >= 15 is 0 Å². The first-order chi connectivity index (χ1) is 7.22. The Balaban J connectivity index is 2.36. The maximum atomic E-state index is 5.92. The van der Waals surface area contributed by atoms with Gasteiger partial charge < -0.3 is 0 Å². The first kappa shape index (κ1) is 11.1. The SMILES string of the molecule is Cc1ccsc1C(NN)c1ccc(Cl)s1. The molecule has 0 aromatic carbocycles. The summed E-state index contributed by atoms with van der Waals surface area (Å²) in [7, 11) is 0. The average Bonchev–Trinajstić information content (AvgIpc) is 2.79. The lowest BCUT2D eigenvalue weighted by atomic mass is 10.1. The summed E-state index contributed by atoms with van der Waals surface area (Å²) >= 11 is 9.18. The van der Waals surface area contributed by atoms with Crippen molar-refractivity contribution in [3.63, 3.8) is 0 Å². The number of nitrogens with one attached hydrogen (secondary N) is 1. The summed E-state index contributed by atoms with van der Waals surface area (Å²) in [5.41, 5.74) is 4.09. The van der Waals surface area contributed by atoms with Crippen molar-refractivity contribution >= 4 is 34.3 Å². The summed E-state index contributed by atoms with van der Waals surface area (Å²) in [6.45, 7) is 2.09. The number of nitrogens with two attached hydrogens (primary N) is 1. The smallest absolute Gasteiger partial charge is 0.0931 e. The van der Waals surface area contributed by atoms with E-state index in [0.29, 0.717) is 0 Å². The van der Waals surface area contributed by atoms with Gasteiger partial charge in [-0.2, -0.15) is 0 Å². The highest BCUT2D eigenvalue weighted by Gasteiger charge is 2.17. The number of aryl methyl sites for hydroxylation is 1. The lowest BCUT2D eigenvalue weighted by Crippen LogP contribution is -2.27. The van der Waals surface area contributed by atoms with Gasteiger partial charge in [0.25, 0.3) is 0 Å². The molecule has 15 heavy (non-hydrogen) atoms. The van der Waals surface area contributed by atoms with Crippen molar-refractivity contribution in [2.24, 2.45) is 5.84 Å². The topological polar surface area (TPSA) is 38.0 Å². The fourth-order valence-electron chi connectivity index (χ4n) is 1.45. The monoisotopic (exact) mass is 258 g/mol. The molecule has 0 bridgehead atoms. The Morgan fingerprint density at radius 2 is 2.20 bits per heavy atom. The molecule has 2 heterocycles. The summed E-state index contributed by atoms with van der Waals surface area (Å²) in [6, 6.07) is 6.06. The number of hydrazine groups is 1. The Hall–Kier alpha value is -0.390. The molecule has 2 nitrogen and oxygen atoms in total. The third kappa shape index (κ3) is 2.24. The van der Waals surface area contributed by atoms with Crippen LogP contribution in [-0.4, -0.2) is 0 Å². The van der Waals surface area contributed by atoms with E-state index in [1.165, 1.54) is 10.4 Å². The summed E-state index contributed by atoms with van der Waals surface area (Å²) in [5, 5.41) is 2.07. The normalized spacial score (nSPS) is 13.0. The second-order valence-electron chi connectivity index (χ2n) is 3.21. The van der Waals surface area contributed by atoms with Crippen LogP contribution in [0.5, 0.6) is 0 Å². The van der Waals surface area contributed by atoms with Crippen molar-refractivity contribution in [2.75, 3.05) is 0 Å². The zero-order valence-electron chi connectivity index (χ0n) is 8.16. The molecule has 0 saturated heterocycles. The molecular formula is C10H11ClN2S2. The van der Waals surface area contributed by atoms with Crippen LogP contribution in [0.4, 0.5) is 0 Å². The van der Waals surface area contributed by atoms with Crippen LogP contribution in [-0.2, 0) is 0 Å². The van der Waals surface area contributed by atoms with Gasteiger partial charge in [-0.15, -0.1) is 22.7 Å². The van der Waals surface area contributed by atoms with Gasteiger partial charge in [0.2, 0.25) is 0 Å². The molecule has 1 unspecified atom stereocenters. The molecule has 0 amide bonds. The van der Waals surface area contributed by atoms with Crippen LogP contribution >= 0.6 is 34.3 Å². The van der Waals surface area contributed by atoms with Gasteiger partial charge in [0.05, 0.1) is 10.4 Å². The molecule has 0 aliphatic heterocycles. The molecule has 2 aromatic rings. The minimum absolute atomic E-state index is 0.0579. The van der Waals surface area contributed by atoms with Gasteiger partial charge in [0.15, 0.2) is 0 Å². The molecule has 2 aromatic heterocycles. The number of hydrogen-bond donors (Lipinski definition) is 2. The highest BCUT2D eigenvalue weighted by Crippen LogP contribution is 2.34. The molecule has 0 aliphatic rings. The summed E-state index contributed by atoms with van der Waals surface area (Å²) in [6.07, 6.45) is 0. The second-order valence-corrected chi connectivity index (χ2v) is 5.90. The van der Waals surface area contributed by atoms with Crippen molar-refractivity contribution in [2.45, 2.75) is 13.0 Å². The molecule has 0 radical (unpaired) electrons. The van der Waals surface area contributed by atoms with Crippen LogP contribution in [0.1, 0.15) is 21.4 Å². The summed E-state index contributed by atoms with van der Waals surface area (Å²) in [4.78, 5) is 2.39. The molecule has 1 atom stereocenters. The van der Waals surface area contributed by atoms with E-state index in [0.717, 1.165) is 9.21 Å². The predicted molar refractivity (Wildman–Crippen MR) is 67.6 cm³/mol. The highest BCUT2D eigenvalue weighted by molar-refractivity contribution is 7.16. The predicted octanol–water partition coefficient (Wildman–Crippen LogP) is 3.32. The van der Waals surface area contributed by atoms with Crippen LogP contribution in [0.2, 0.25) is 4.34 Å². The fourth-order valence-corrected chi connectivity index (χ4v) is 3.66. The van der Waals surface area contributed by atoms with Crippen molar-refractivity contribution in [1.29, 1.82) is 0 Å². The van der Waals surface area contributed by atoms with Gasteiger partial charge in [-0.05, 0) is 36.1 Å². The lowest BCUT2D eigenvalue weighted by Gasteiger charge is -2.13. The van der Waals surface area contributed by atoms with Crippen molar-refractivity contribution in [1.82, 2.24) is 5.43 Å². The Bertz CT molecular complexity index is 450. The highest BCUT2D eigenvalue weighted by atomic mass is 35.5. The van der Waals surface area contributed by atoms with E-state index in [4.69, 9.17) is 17.4 Å². The molecule has 0 saturated carbocycles. The molecule has 3 N–H and O–H groups in total. The van der Waals surface area contributed by atoms with Gasteiger partial charge in [0.1, 0.15) is 0 Å². The van der Waals surface area contributed by atoms with E-state index in [2.05, 4.69) is 23.8 Å². The zero-order chi connectivity index (χ0) is 10.8. The Labute approximate surface area is 102 Å². The minimum Gasteiger partial charge on any atom is -0.271 e. The largest absolute Gasteiger partial charge is 0.271 e. The number of rotatable bonds is 3. The summed E-state index contributed by atoms with van der Waals surface area (Å²) in [5.74, 6) is 5.59. The average molecular weight is 259 g/mol. The number of hydrogen-bond acceptors (Lipinski definition) is 4. The Kier molecular flexibility index (Phi) is 3.43. The Morgan fingerprint density at radius 3 is 2.67 bits per heavy atom. The molecule has 0 spiro atoms. The number of thiophene rings is 2. The molecule has 0 fully saturated rings. The lowest BCUT2D eigenvalue weighted by molar-refractivity contribution is 0.653. The fraction of sp³-hybridized carbons (Fsp3) is 0.200. The van der Waals surface area contributed by atoms with E-state index in [-0.39, 0.29) is 6.04 Å². The van der Waals surface area contributed by atoms with Gasteiger partial charge in [-0.3, -0.25) is 5.84 Å². The Morgan fingerprint density at radius 1 is 1.40 bits per heavy atom. The zero-order valence-corrected chi connectivity index (χ0v) is 10.5. The van der Waals surface area contributed by atoms with Crippen LogP contribution in [0.25, 0.3) is 0 Å². The van der Waals surface area contributed by atoms with E-state index in [9.17, 15) is 0 Å². The van der Waals surface area contributed by atoms with Gasteiger partial charge in [-0.25, -0.2) is 5.43 Å². The van der Waals surface area contributed by atoms with Crippen LogP contribution in [0, 0.1) is 6.92 Å². The molecule has 5 heteroatoms. The third-order valence-corrected chi connectivity index (χ3v) is 4.59. The van der Waals surface area contributed by atoms with E-state index in [1.54, 1.807) is 22.7 Å². The minimum atomic E-state index is 0.0579. The molecule has 2 rings (SSSR count). The third-order valence-electron chi connectivity index (χ3n) is 2.21. The van der Waals surface area contributed by atoms with Crippen molar-refractivity contribution in [3.05, 3.63) is 43.2 Å². The second kappa shape index (κ2) is 4.63. The van der Waals surface area contributed by atoms with Crippen LogP contribution in [0.3, 0.4) is 0 Å². The maximum absolute atomic E-state index is 5.92. The van der Waals surface area contributed by atoms with Crippen LogP contribution < -0.4 is 11.3 Å². The first-order valence-electron chi connectivity index (χ1n) is 4.47. The molecule has 80 valence electrons. The summed E-state index contributed by atoms with van der Waals surface area (Å²) < 4.78 is 0.791. The van der Waals surface area contributed by atoms with Crippen molar-refractivity contribution < 1.29 is 0 Å². The van der Waals surface area contributed by atoms with Gasteiger partial charge in [0, 0.05) is 9.75 Å². The first-order valence-corrected chi connectivity index (χ1v) is 6.55. The van der Waals surface area contributed by atoms with Gasteiger partial charge >= 0.3 is 0 Å². The van der Waals surface area contributed by atoms with E-state index in [1.807, 2.05) is 12.1 Å². The maximum Gasteiger partial charge on any atom is 0.0931 e. The molecule has 0 aliphatic carbocycles. The van der Waals surface area contributed by atoms with E-state index < -0.39 is 0 Å². The number of halogens is 1. The molecular weight excluding hydrogens is 248 g/mol. The van der Waals surface area contributed by atoms with Crippen LogP contribution in [0.15, 0.2) is 23.6 Å². The quantitative estimate of drug-likeness (QED) is 0.655.